The van der Waals surface area contributed by atoms with Crippen molar-refractivity contribution in [1.29, 1.82) is 0 Å². The summed E-state index contributed by atoms with van der Waals surface area (Å²) in [6.07, 6.45) is 0. The Bertz CT molecular complexity index is 706. The minimum atomic E-state index is -4.70. The first-order valence-corrected chi connectivity index (χ1v) is 8.06. The summed E-state index contributed by atoms with van der Waals surface area (Å²) in [4.78, 5) is 10.9. The van der Waals surface area contributed by atoms with E-state index in [0.717, 1.165) is 6.07 Å². The molecule has 0 aliphatic heterocycles. The third-order valence-electron chi connectivity index (χ3n) is 2.05. The Kier molecular flexibility index (Phi) is 4.18. The molecule has 0 aliphatic carbocycles. The summed E-state index contributed by atoms with van der Waals surface area (Å²) in [7, 11) is -9.03. The summed E-state index contributed by atoms with van der Waals surface area (Å²) in [5, 5.41) is 7.36. The Labute approximate surface area is 109 Å². The van der Waals surface area contributed by atoms with Gasteiger partial charge in [0.05, 0.1) is 5.56 Å². The highest BCUT2D eigenvalue weighted by molar-refractivity contribution is 8.06. The highest BCUT2D eigenvalue weighted by Crippen LogP contribution is 2.17. The lowest BCUT2D eigenvalue weighted by Gasteiger charge is -2.08. The summed E-state index contributed by atoms with van der Waals surface area (Å²) in [5.41, 5.74) is 0.198. The first kappa shape index (κ1) is 15.4. The SMILES string of the molecule is Cc1ccc(NS(=O)(=O)CS(=O)(=O)O)cc1C(=O)O. The molecule has 0 amide bonds. The zero-order valence-electron chi connectivity index (χ0n) is 9.69. The van der Waals surface area contributed by atoms with Crippen LogP contribution in [0.3, 0.4) is 0 Å². The van der Waals surface area contributed by atoms with Crippen molar-refractivity contribution < 1.29 is 31.3 Å². The maximum absolute atomic E-state index is 11.4. The molecule has 0 bridgehead atoms. The predicted molar refractivity (Wildman–Crippen MR) is 67.1 cm³/mol. The lowest BCUT2D eigenvalue weighted by molar-refractivity contribution is 0.0696. The largest absolute Gasteiger partial charge is 0.478 e. The van der Waals surface area contributed by atoms with E-state index in [-0.39, 0.29) is 11.3 Å². The van der Waals surface area contributed by atoms with Crippen LogP contribution in [0.1, 0.15) is 15.9 Å². The normalized spacial score (nSPS) is 12.1. The smallest absolute Gasteiger partial charge is 0.336 e. The number of rotatable bonds is 5. The Morgan fingerprint density at radius 3 is 2.32 bits per heavy atom. The molecule has 0 spiro atoms. The van der Waals surface area contributed by atoms with Crippen molar-refractivity contribution >= 4 is 31.8 Å². The lowest BCUT2D eigenvalue weighted by Crippen LogP contribution is -2.22. The van der Waals surface area contributed by atoms with E-state index in [1.54, 1.807) is 0 Å². The molecule has 1 aromatic rings. The molecule has 0 unspecified atom stereocenters. The maximum atomic E-state index is 11.4. The van der Waals surface area contributed by atoms with Gasteiger partial charge in [0.2, 0.25) is 10.0 Å². The Morgan fingerprint density at radius 2 is 1.84 bits per heavy atom. The topological polar surface area (TPSA) is 138 Å². The van der Waals surface area contributed by atoms with Crippen LogP contribution in [0.5, 0.6) is 0 Å². The molecule has 0 saturated heterocycles. The second kappa shape index (κ2) is 5.15. The van der Waals surface area contributed by atoms with Crippen molar-refractivity contribution in [2.75, 3.05) is 9.81 Å². The van der Waals surface area contributed by atoms with Gasteiger partial charge in [-0.15, -0.1) is 0 Å². The number of carboxylic acids is 1. The van der Waals surface area contributed by atoms with Crippen molar-refractivity contribution in [3.05, 3.63) is 29.3 Å². The maximum Gasteiger partial charge on any atom is 0.336 e. The third-order valence-corrected chi connectivity index (χ3v) is 5.02. The molecule has 0 heterocycles. The number of nitrogens with one attached hydrogen (secondary N) is 1. The summed E-state index contributed by atoms with van der Waals surface area (Å²) >= 11 is 0. The molecular formula is C9H11NO7S2. The van der Waals surface area contributed by atoms with Gasteiger partial charge >= 0.3 is 5.97 Å². The van der Waals surface area contributed by atoms with Gasteiger partial charge in [-0.3, -0.25) is 9.27 Å². The van der Waals surface area contributed by atoms with Crippen LogP contribution in [0.4, 0.5) is 5.69 Å². The van der Waals surface area contributed by atoms with Gasteiger partial charge in [-0.2, -0.15) is 8.42 Å². The minimum absolute atomic E-state index is 0.105. The quantitative estimate of drug-likeness (QED) is 0.664. The van der Waals surface area contributed by atoms with Crippen molar-refractivity contribution in [2.24, 2.45) is 0 Å². The molecule has 3 N–H and O–H groups in total. The number of benzene rings is 1. The molecular weight excluding hydrogens is 298 g/mol. The highest BCUT2D eigenvalue weighted by atomic mass is 32.3. The zero-order valence-corrected chi connectivity index (χ0v) is 11.3. The summed E-state index contributed by atoms with van der Waals surface area (Å²) in [5.74, 6) is -1.24. The van der Waals surface area contributed by atoms with Crippen molar-refractivity contribution in [3.8, 4) is 0 Å². The van der Waals surface area contributed by atoms with Crippen molar-refractivity contribution in [2.45, 2.75) is 6.92 Å². The molecule has 19 heavy (non-hydrogen) atoms. The molecule has 0 radical (unpaired) electrons. The van der Waals surface area contributed by atoms with Crippen molar-refractivity contribution in [3.63, 3.8) is 0 Å². The van der Waals surface area contributed by atoms with Crippen molar-refractivity contribution in [1.82, 2.24) is 0 Å². The van der Waals surface area contributed by atoms with Gasteiger partial charge in [-0.1, -0.05) is 6.07 Å². The number of aromatic carboxylic acids is 1. The van der Waals surface area contributed by atoms with Gasteiger partial charge in [-0.25, -0.2) is 13.2 Å². The van der Waals surface area contributed by atoms with E-state index in [1.165, 1.54) is 19.1 Å². The standard InChI is InChI=1S/C9H11NO7S2/c1-6-2-3-7(4-8(6)9(11)12)10-18(13,14)5-19(15,16)17/h2-4,10H,5H2,1H3,(H,11,12)(H,15,16,17). The van der Waals surface area contributed by atoms with Gasteiger partial charge in [-0.05, 0) is 24.6 Å². The van der Waals surface area contributed by atoms with E-state index in [0.29, 0.717) is 5.56 Å². The second-order valence-electron chi connectivity index (χ2n) is 3.75. The van der Waals surface area contributed by atoms with E-state index in [2.05, 4.69) is 0 Å². The van der Waals surface area contributed by atoms with Crippen LogP contribution in [0, 0.1) is 6.92 Å². The fourth-order valence-corrected chi connectivity index (χ4v) is 3.61. The first-order valence-electron chi connectivity index (χ1n) is 4.80. The first-order chi connectivity index (χ1) is 8.50. The van der Waals surface area contributed by atoms with Gasteiger partial charge in [0.15, 0.2) is 5.08 Å². The fraction of sp³-hybridized carbons (Fsp3) is 0.222. The number of carboxylic acid groups (broad SMARTS) is 1. The predicted octanol–water partition coefficient (Wildman–Crippen LogP) is 0.280. The molecule has 0 fully saturated rings. The molecule has 8 nitrogen and oxygen atoms in total. The van der Waals surface area contributed by atoms with E-state index in [4.69, 9.17) is 9.66 Å². The Hall–Kier alpha value is -1.65. The van der Waals surface area contributed by atoms with Crippen LogP contribution >= 0.6 is 0 Å². The average molecular weight is 309 g/mol. The van der Waals surface area contributed by atoms with Crippen LogP contribution in [-0.4, -0.2) is 37.5 Å². The molecule has 0 aliphatic rings. The third kappa shape index (κ3) is 4.85. The molecule has 1 rings (SSSR count). The number of anilines is 1. The summed E-state index contributed by atoms with van der Waals surface area (Å²) < 4.78 is 54.1. The Balaban J connectivity index is 3.07. The van der Waals surface area contributed by atoms with Gasteiger partial charge in [0.25, 0.3) is 10.1 Å². The highest BCUT2D eigenvalue weighted by Gasteiger charge is 2.20. The number of aryl methyl sites for hydroxylation is 1. The van der Waals surface area contributed by atoms with Crippen LogP contribution in [-0.2, 0) is 20.1 Å². The molecule has 106 valence electrons. The summed E-state index contributed by atoms with van der Waals surface area (Å²) in [6, 6.07) is 3.71. The molecule has 0 atom stereocenters. The fourth-order valence-electron chi connectivity index (χ4n) is 1.32. The average Bonchev–Trinajstić information content (AvgIpc) is 2.16. The monoisotopic (exact) mass is 309 g/mol. The molecule has 1 aromatic carbocycles. The van der Waals surface area contributed by atoms with Crippen LogP contribution in [0.15, 0.2) is 18.2 Å². The zero-order chi connectivity index (χ0) is 14.8. The number of hydrogen-bond donors (Lipinski definition) is 3. The lowest BCUT2D eigenvalue weighted by atomic mass is 10.1. The number of carbonyl (C=O) groups is 1. The molecule has 0 aromatic heterocycles. The van der Waals surface area contributed by atoms with Gasteiger partial charge in [0, 0.05) is 5.69 Å². The minimum Gasteiger partial charge on any atom is -0.478 e. The van der Waals surface area contributed by atoms with E-state index in [9.17, 15) is 21.6 Å². The van der Waals surface area contributed by atoms with Crippen LogP contribution in [0.2, 0.25) is 0 Å². The molecule has 10 heteroatoms. The second-order valence-corrected chi connectivity index (χ2v) is 7.29. The summed E-state index contributed by atoms with van der Waals surface area (Å²) in [6.45, 7) is 1.53. The molecule has 0 saturated carbocycles. The van der Waals surface area contributed by atoms with E-state index >= 15 is 0 Å². The Morgan fingerprint density at radius 1 is 1.26 bits per heavy atom. The van der Waals surface area contributed by atoms with Crippen LogP contribution in [0.25, 0.3) is 0 Å². The number of sulfonamides is 1. The van der Waals surface area contributed by atoms with E-state index in [1.807, 2.05) is 4.72 Å². The number of hydrogen-bond acceptors (Lipinski definition) is 5. The van der Waals surface area contributed by atoms with E-state index < -0.39 is 31.2 Å². The van der Waals surface area contributed by atoms with Crippen LogP contribution < -0.4 is 4.72 Å². The van der Waals surface area contributed by atoms with Gasteiger partial charge in [0.1, 0.15) is 0 Å². The van der Waals surface area contributed by atoms with Gasteiger partial charge < -0.3 is 5.11 Å².